The smallest absolute Gasteiger partial charge is 0.317 e. The zero-order chi connectivity index (χ0) is 19.9. The maximum atomic E-state index is 12.7. The summed E-state index contributed by atoms with van der Waals surface area (Å²) in [4.78, 5) is 26.9. The number of urea groups is 1. The summed E-state index contributed by atoms with van der Waals surface area (Å²) in [5, 5.41) is 7.15. The van der Waals surface area contributed by atoms with Crippen LogP contribution in [-0.2, 0) is 19.0 Å². The van der Waals surface area contributed by atoms with E-state index in [-0.39, 0.29) is 23.6 Å². The first kappa shape index (κ1) is 18.3. The van der Waals surface area contributed by atoms with Crippen molar-refractivity contribution in [3.8, 4) is 0 Å². The number of aromatic nitrogens is 3. The maximum absolute atomic E-state index is 12.7. The van der Waals surface area contributed by atoms with E-state index in [9.17, 15) is 9.59 Å². The molecule has 1 aliphatic heterocycles. The molecule has 1 unspecified atom stereocenters. The lowest BCUT2D eigenvalue weighted by Gasteiger charge is -2.25. The normalized spacial score (nSPS) is 19.3. The Labute approximate surface area is 163 Å². The molecule has 2 aromatic heterocycles. The summed E-state index contributed by atoms with van der Waals surface area (Å²) in [7, 11) is 1.70. The Bertz CT molecular complexity index is 1080. The zero-order valence-corrected chi connectivity index (χ0v) is 16.5. The number of likely N-dealkylation sites (tertiary alicyclic amines) is 1. The van der Waals surface area contributed by atoms with Gasteiger partial charge >= 0.3 is 6.03 Å². The lowest BCUT2D eigenvalue weighted by Crippen LogP contribution is -2.40. The van der Waals surface area contributed by atoms with Gasteiger partial charge in [-0.3, -0.25) is 4.79 Å². The van der Waals surface area contributed by atoms with Crippen LogP contribution >= 0.6 is 0 Å². The SMILES string of the molecule is Cc1ccc(C2(C)CCN(C(=O)NCc3cnn4ccn(C)c(=O)c34)C2)cc1. The third kappa shape index (κ3) is 3.17. The molecule has 1 atom stereocenters. The molecule has 0 bridgehead atoms. The van der Waals surface area contributed by atoms with Crippen LogP contribution in [0.3, 0.4) is 0 Å². The van der Waals surface area contributed by atoms with E-state index in [1.54, 1.807) is 30.2 Å². The van der Waals surface area contributed by atoms with Gasteiger partial charge in [0.05, 0.1) is 6.20 Å². The molecular weight excluding hydrogens is 354 g/mol. The zero-order valence-electron chi connectivity index (χ0n) is 16.5. The van der Waals surface area contributed by atoms with E-state index in [1.807, 2.05) is 4.90 Å². The van der Waals surface area contributed by atoms with Gasteiger partial charge in [-0.15, -0.1) is 0 Å². The first-order valence-electron chi connectivity index (χ1n) is 9.49. The number of benzene rings is 1. The minimum Gasteiger partial charge on any atom is -0.334 e. The molecule has 28 heavy (non-hydrogen) atoms. The number of carbonyl (C=O) groups is 1. The van der Waals surface area contributed by atoms with Gasteiger partial charge in [0, 0.05) is 50.1 Å². The lowest BCUT2D eigenvalue weighted by atomic mass is 9.81. The van der Waals surface area contributed by atoms with Gasteiger partial charge in [-0.05, 0) is 18.9 Å². The Morgan fingerprint density at radius 1 is 1.25 bits per heavy atom. The summed E-state index contributed by atoms with van der Waals surface area (Å²) in [6, 6.07) is 8.45. The van der Waals surface area contributed by atoms with E-state index in [4.69, 9.17) is 0 Å². The Balaban J connectivity index is 1.45. The third-order valence-corrected chi connectivity index (χ3v) is 5.76. The number of hydrogen-bond donors (Lipinski definition) is 1. The molecule has 0 spiro atoms. The second-order valence-corrected chi connectivity index (χ2v) is 7.93. The van der Waals surface area contributed by atoms with E-state index in [0.29, 0.717) is 18.6 Å². The summed E-state index contributed by atoms with van der Waals surface area (Å²) < 4.78 is 3.06. The molecule has 1 N–H and O–H groups in total. The predicted octanol–water partition coefficient (Wildman–Crippen LogP) is 2.21. The molecule has 0 saturated carbocycles. The molecule has 4 rings (SSSR count). The van der Waals surface area contributed by atoms with E-state index in [0.717, 1.165) is 12.0 Å². The van der Waals surface area contributed by atoms with Crippen molar-refractivity contribution in [2.24, 2.45) is 7.05 Å². The highest BCUT2D eigenvalue weighted by atomic mass is 16.2. The average Bonchev–Trinajstić information content (AvgIpc) is 3.28. The van der Waals surface area contributed by atoms with Crippen LogP contribution in [0, 0.1) is 6.92 Å². The van der Waals surface area contributed by atoms with Crippen LogP contribution in [0.15, 0.2) is 47.7 Å². The summed E-state index contributed by atoms with van der Waals surface area (Å²) in [5.41, 5.74) is 3.55. The Morgan fingerprint density at radius 3 is 2.75 bits per heavy atom. The first-order chi connectivity index (χ1) is 13.4. The highest BCUT2D eigenvalue weighted by Gasteiger charge is 2.37. The fraction of sp³-hybridized carbons (Fsp3) is 0.381. The van der Waals surface area contributed by atoms with Gasteiger partial charge in [-0.1, -0.05) is 36.8 Å². The number of rotatable bonds is 3. The third-order valence-electron chi connectivity index (χ3n) is 5.76. The summed E-state index contributed by atoms with van der Waals surface area (Å²) in [6.07, 6.45) is 5.97. The van der Waals surface area contributed by atoms with Gasteiger partial charge in [0.1, 0.15) is 5.52 Å². The molecule has 1 saturated heterocycles. The van der Waals surface area contributed by atoms with Crippen LogP contribution in [0.1, 0.15) is 30.0 Å². The van der Waals surface area contributed by atoms with E-state index < -0.39 is 0 Å². The number of nitrogens with one attached hydrogen (secondary N) is 1. The molecule has 3 aromatic rings. The van der Waals surface area contributed by atoms with Crippen LogP contribution in [0.25, 0.3) is 5.52 Å². The highest BCUT2D eigenvalue weighted by Crippen LogP contribution is 2.34. The van der Waals surface area contributed by atoms with Crippen molar-refractivity contribution in [2.45, 2.75) is 32.2 Å². The van der Waals surface area contributed by atoms with Crippen LogP contribution in [0.4, 0.5) is 4.79 Å². The molecule has 7 heteroatoms. The lowest BCUT2D eigenvalue weighted by molar-refractivity contribution is 0.205. The molecule has 1 aromatic carbocycles. The average molecular weight is 379 g/mol. The van der Waals surface area contributed by atoms with Gasteiger partial charge in [-0.25, -0.2) is 9.31 Å². The predicted molar refractivity (Wildman–Crippen MR) is 107 cm³/mol. The van der Waals surface area contributed by atoms with Gasteiger partial charge in [-0.2, -0.15) is 5.10 Å². The maximum Gasteiger partial charge on any atom is 0.317 e. The Kier molecular flexibility index (Phi) is 4.45. The molecule has 3 heterocycles. The van der Waals surface area contributed by atoms with E-state index in [1.165, 1.54) is 15.7 Å². The van der Waals surface area contributed by atoms with Gasteiger partial charge in [0.15, 0.2) is 0 Å². The number of amides is 2. The minimum atomic E-state index is -0.127. The Morgan fingerprint density at radius 2 is 2.00 bits per heavy atom. The molecule has 7 nitrogen and oxygen atoms in total. The summed E-state index contributed by atoms with van der Waals surface area (Å²) >= 11 is 0. The summed E-state index contributed by atoms with van der Waals surface area (Å²) in [5.74, 6) is 0. The van der Waals surface area contributed by atoms with Crippen LogP contribution in [-0.4, -0.2) is 38.2 Å². The van der Waals surface area contributed by atoms with Crippen molar-refractivity contribution in [1.29, 1.82) is 0 Å². The molecule has 1 fully saturated rings. The van der Waals surface area contributed by atoms with Crippen LogP contribution in [0.2, 0.25) is 0 Å². The highest BCUT2D eigenvalue weighted by molar-refractivity contribution is 5.75. The molecular formula is C21H25N5O2. The number of hydrogen-bond acceptors (Lipinski definition) is 3. The number of aryl methyl sites for hydroxylation is 2. The quantitative estimate of drug-likeness (QED) is 0.758. The topological polar surface area (TPSA) is 71.6 Å². The van der Waals surface area contributed by atoms with E-state index in [2.05, 4.69) is 48.5 Å². The molecule has 146 valence electrons. The van der Waals surface area contributed by atoms with E-state index >= 15 is 0 Å². The fourth-order valence-corrected chi connectivity index (χ4v) is 3.88. The van der Waals surface area contributed by atoms with Crippen molar-refractivity contribution in [3.05, 3.63) is 69.9 Å². The second-order valence-electron chi connectivity index (χ2n) is 7.93. The van der Waals surface area contributed by atoms with Gasteiger partial charge in [0.25, 0.3) is 5.56 Å². The van der Waals surface area contributed by atoms with Crippen LogP contribution < -0.4 is 10.9 Å². The van der Waals surface area contributed by atoms with Gasteiger partial charge < -0.3 is 14.8 Å². The Hall–Kier alpha value is -3.09. The van der Waals surface area contributed by atoms with Crippen molar-refractivity contribution in [1.82, 2.24) is 24.4 Å². The van der Waals surface area contributed by atoms with Crippen molar-refractivity contribution >= 4 is 11.5 Å². The van der Waals surface area contributed by atoms with Crippen molar-refractivity contribution in [2.75, 3.05) is 13.1 Å². The molecule has 0 radical (unpaired) electrons. The second kappa shape index (κ2) is 6.82. The molecule has 2 amide bonds. The number of nitrogens with zero attached hydrogens (tertiary/aromatic N) is 4. The summed E-state index contributed by atoms with van der Waals surface area (Å²) in [6.45, 7) is 5.96. The van der Waals surface area contributed by atoms with Gasteiger partial charge in [0.2, 0.25) is 0 Å². The minimum absolute atomic E-state index is 0.0363. The first-order valence-corrected chi connectivity index (χ1v) is 9.49. The largest absolute Gasteiger partial charge is 0.334 e. The number of fused-ring (bicyclic) bond motifs is 1. The monoisotopic (exact) mass is 379 g/mol. The standard InChI is InChI=1S/C21H25N5O2/c1-15-4-6-17(7-5-15)21(2)8-9-25(14-21)20(28)22-12-16-13-23-26-11-10-24(3)19(27)18(16)26/h4-7,10-11,13H,8-9,12,14H2,1-3H3,(H,22,28). The number of carbonyl (C=O) groups excluding carboxylic acids is 1. The molecule has 0 aliphatic carbocycles. The molecule has 1 aliphatic rings. The fourth-order valence-electron chi connectivity index (χ4n) is 3.88. The van der Waals surface area contributed by atoms with Crippen molar-refractivity contribution in [3.63, 3.8) is 0 Å². The van der Waals surface area contributed by atoms with Crippen molar-refractivity contribution < 1.29 is 4.79 Å². The van der Waals surface area contributed by atoms with Crippen LogP contribution in [0.5, 0.6) is 0 Å².